The largest absolute Gasteiger partial charge is 0.481 e. The van der Waals surface area contributed by atoms with Crippen molar-refractivity contribution in [3.8, 4) is 5.69 Å². The summed E-state index contributed by atoms with van der Waals surface area (Å²) in [5.74, 6) is -0.814. The molecule has 0 aliphatic rings. The summed E-state index contributed by atoms with van der Waals surface area (Å²) in [6, 6.07) is 7.56. The zero-order valence-corrected chi connectivity index (χ0v) is 10.4. The molecule has 0 saturated heterocycles. The number of aromatic nitrogens is 3. The summed E-state index contributed by atoms with van der Waals surface area (Å²) in [7, 11) is 0. The van der Waals surface area contributed by atoms with Crippen LogP contribution in [0.15, 0.2) is 36.7 Å². The van der Waals surface area contributed by atoms with Gasteiger partial charge in [0, 0.05) is 0 Å². The molecule has 0 saturated carbocycles. The average Bonchev–Trinajstić information content (AvgIpc) is 2.82. The third-order valence-electron chi connectivity index (χ3n) is 2.84. The molecule has 0 unspecified atom stereocenters. The molecule has 2 aromatic rings. The van der Waals surface area contributed by atoms with Crippen LogP contribution in [0.3, 0.4) is 0 Å². The van der Waals surface area contributed by atoms with Crippen molar-refractivity contribution in [3.05, 3.63) is 42.2 Å². The third kappa shape index (κ3) is 2.40. The fourth-order valence-electron chi connectivity index (χ4n) is 1.75. The van der Waals surface area contributed by atoms with Crippen molar-refractivity contribution in [1.29, 1.82) is 0 Å². The molecule has 1 aromatic carbocycles. The maximum absolute atomic E-state index is 11.2. The Labute approximate surface area is 105 Å². The number of para-hydroxylation sites is 1. The molecule has 0 aliphatic carbocycles. The first-order valence-electron chi connectivity index (χ1n) is 5.69. The number of carbonyl (C=O) groups is 1. The lowest BCUT2D eigenvalue weighted by Crippen LogP contribution is -2.26. The summed E-state index contributed by atoms with van der Waals surface area (Å²) < 4.78 is 0. The first-order valence-corrected chi connectivity index (χ1v) is 5.69. The lowest BCUT2D eigenvalue weighted by Gasteiger charge is -2.20. The van der Waals surface area contributed by atoms with Crippen LogP contribution in [0.1, 0.15) is 19.4 Å². The lowest BCUT2D eigenvalue weighted by molar-refractivity contribution is -0.146. The van der Waals surface area contributed by atoms with E-state index in [2.05, 4.69) is 10.2 Å². The Morgan fingerprint density at radius 2 is 1.89 bits per heavy atom. The van der Waals surface area contributed by atoms with Crippen LogP contribution >= 0.6 is 0 Å². The van der Waals surface area contributed by atoms with Gasteiger partial charge in [-0.3, -0.25) is 4.79 Å². The molecule has 0 amide bonds. The van der Waals surface area contributed by atoms with Gasteiger partial charge < -0.3 is 5.11 Å². The first kappa shape index (κ1) is 12.3. The van der Waals surface area contributed by atoms with Crippen molar-refractivity contribution in [2.45, 2.75) is 20.3 Å². The molecule has 1 aromatic heterocycles. The fraction of sp³-hybridized carbons (Fsp3) is 0.308. The fourth-order valence-corrected chi connectivity index (χ4v) is 1.75. The summed E-state index contributed by atoms with van der Waals surface area (Å²) in [6.45, 7) is 3.42. The number of aliphatic carboxylic acids is 1. The molecule has 0 bridgehead atoms. The first-order chi connectivity index (χ1) is 8.50. The van der Waals surface area contributed by atoms with Gasteiger partial charge in [0.05, 0.1) is 23.5 Å². The summed E-state index contributed by atoms with van der Waals surface area (Å²) in [6.07, 6.45) is 3.62. The van der Waals surface area contributed by atoms with Gasteiger partial charge in [-0.05, 0) is 31.9 Å². The molecule has 2 rings (SSSR count). The van der Waals surface area contributed by atoms with E-state index in [1.54, 1.807) is 26.2 Å². The van der Waals surface area contributed by atoms with E-state index in [0.29, 0.717) is 6.42 Å². The molecule has 0 aliphatic heterocycles. The smallest absolute Gasteiger partial charge is 0.309 e. The molecule has 0 atom stereocenters. The quantitative estimate of drug-likeness (QED) is 0.893. The van der Waals surface area contributed by atoms with Gasteiger partial charge in [0.15, 0.2) is 0 Å². The molecule has 5 nitrogen and oxygen atoms in total. The van der Waals surface area contributed by atoms with Crippen molar-refractivity contribution in [1.82, 2.24) is 15.0 Å². The van der Waals surface area contributed by atoms with Gasteiger partial charge in [-0.2, -0.15) is 15.0 Å². The Kier molecular flexibility index (Phi) is 3.14. The monoisotopic (exact) mass is 245 g/mol. The highest BCUT2D eigenvalue weighted by molar-refractivity contribution is 5.74. The highest BCUT2D eigenvalue weighted by atomic mass is 16.4. The molecule has 5 heteroatoms. The van der Waals surface area contributed by atoms with Gasteiger partial charge >= 0.3 is 5.97 Å². The highest BCUT2D eigenvalue weighted by Gasteiger charge is 2.28. The predicted molar refractivity (Wildman–Crippen MR) is 66.5 cm³/mol. The molecule has 1 heterocycles. The van der Waals surface area contributed by atoms with Gasteiger partial charge in [-0.15, -0.1) is 0 Å². The SMILES string of the molecule is CC(C)(Cc1ccccc1-n1nccn1)C(=O)O. The van der Waals surface area contributed by atoms with Crippen LogP contribution in [-0.4, -0.2) is 26.1 Å². The van der Waals surface area contributed by atoms with E-state index in [1.165, 1.54) is 4.80 Å². The van der Waals surface area contributed by atoms with Crippen molar-refractivity contribution in [2.75, 3.05) is 0 Å². The van der Waals surface area contributed by atoms with Crippen molar-refractivity contribution in [2.24, 2.45) is 5.41 Å². The van der Waals surface area contributed by atoms with E-state index in [4.69, 9.17) is 0 Å². The Morgan fingerprint density at radius 3 is 2.50 bits per heavy atom. The van der Waals surface area contributed by atoms with Crippen LogP contribution < -0.4 is 0 Å². The average molecular weight is 245 g/mol. The summed E-state index contributed by atoms with van der Waals surface area (Å²) in [5.41, 5.74) is 0.918. The van der Waals surface area contributed by atoms with E-state index in [9.17, 15) is 9.90 Å². The number of hydrogen-bond acceptors (Lipinski definition) is 3. The number of nitrogens with zero attached hydrogens (tertiary/aromatic N) is 3. The molecule has 18 heavy (non-hydrogen) atoms. The Morgan fingerprint density at radius 1 is 1.28 bits per heavy atom. The van der Waals surface area contributed by atoms with Gasteiger partial charge in [-0.25, -0.2) is 0 Å². The van der Waals surface area contributed by atoms with E-state index >= 15 is 0 Å². The number of carboxylic acids is 1. The molecule has 0 spiro atoms. The van der Waals surface area contributed by atoms with Crippen molar-refractivity contribution >= 4 is 5.97 Å². The third-order valence-corrected chi connectivity index (χ3v) is 2.84. The van der Waals surface area contributed by atoms with E-state index in [0.717, 1.165) is 11.3 Å². The van der Waals surface area contributed by atoms with E-state index in [1.807, 2.05) is 24.3 Å². The minimum Gasteiger partial charge on any atom is -0.481 e. The second kappa shape index (κ2) is 4.60. The van der Waals surface area contributed by atoms with E-state index in [-0.39, 0.29) is 0 Å². The highest BCUT2D eigenvalue weighted by Crippen LogP contribution is 2.25. The Bertz CT molecular complexity index is 547. The zero-order valence-electron chi connectivity index (χ0n) is 10.4. The minimum absolute atomic E-state index is 0.431. The van der Waals surface area contributed by atoms with Crippen LogP contribution in [0.25, 0.3) is 5.69 Å². The predicted octanol–water partition coefficient (Wildman–Crippen LogP) is 1.92. The molecular weight excluding hydrogens is 230 g/mol. The van der Waals surface area contributed by atoms with Crippen LogP contribution in [0.2, 0.25) is 0 Å². The normalized spacial score (nSPS) is 11.4. The maximum atomic E-state index is 11.2. The van der Waals surface area contributed by atoms with Crippen molar-refractivity contribution in [3.63, 3.8) is 0 Å². The van der Waals surface area contributed by atoms with Crippen molar-refractivity contribution < 1.29 is 9.90 Å². The Balaban J connectivity index is 2.38. The Hall–Kier alpha value is -2.17. The topological polar surface area (TPSA) is 68.0 Å². The summed E-state index contributed by atoms with van der Waals surface area (Å²) in [5, 5.41) is 17.3. The molecule has 0 fully saturated rings. The maximum Gasteiger partial charge on any atom is 0.309 e. The van der Waals surface area contributed by atoms with Crippen LogP contribution in [0.4, 0.5) is 0 Å². The molecule has 0 radical (unpaired) electrons. The second-order valence-electron chi connectivity index (χ2n) is 4.81. The second-order valence-corrected chi connectivity index (χ2v) is 4.81. The molecular formula is C13H15N3O2. The van der Waals surface area contributed by atoms with Gasteiger partial charge in [0.25, 0.3) is 0 Å². The van der Waals surface area contributed by atoms with E-state index < -0.39 is 11.4 Å². The number of hydrogen-bond donors (Lipinski definition) is 1. The number of rotatable bonds is 4. The number of benzene rings is 1. The lowest BCUT2D eigenvalue weighted by atomic mass is 9.85. The number of carboxylic acid groups (broad SMARTS) is 1. The zero-order chi connectivity index (χ0) is 13.2. The molecule has 1 N–H and O–H groups in total. The van der Waals surface area contributed by atoms with Gasteiger partial charge in [0.1, 0.15) is 0 Å². The summed E-state index contributed by atoms with van der Waals surface area (Å²) >= 11 is 0. The van der Waals surface area contributed by atoms with Gasteiger partial charge in [0.2, 0.25) is 0 Å². The minimum atomic E-state index is -0.816. The standard InChI is InChI=1S/C13H15N3O2/c1-13(2,12(17)18)9-10-5-3-4-6-11(10)16-14-7-8-15-16/h3-8H,9H2,1-2H3,(H,17,18). The summed E-state index contributed by atoms with van der Waals surface area (Å²) in [4.78, 5) is 12.7. The molecule has 94 valence electrons. The van der Waals surface area contributed by atoms with Crippen LogP contribution in [-0.2, 0) is 11.2 Å². The van der Waals surface area contributed by atoms with Crippen LogP contribution in [0, 0.1) is 5.41 Å². The van der Waals surface area contributed by atoms with Crippen LogP contribution in [0.5, 0.6) is 0 Å². The van der Waals surface area contributed by atoms with Gasteiger partial charge in [-0.1, -0.05) is 18.2 Å².